The van der Waals surface area contributed by atoms with E-state index in [1.807, 2.05) is 0 Å². The van der Waals surface area contributed by atoms with E-state index in [0.717, 1.165) is 96.0 Å². The van der Waals surface area contributed by atoms with Gasteiger partial charge in [0.25, 0.3) is 0 Å². The van der Waals surface area contributed by atoms with Crippen LogP contribution in [0.4, 0.5) is 0 Å². The molecule has 8 heteroatoms. The third-order valence-electron chi connectivity index (χ3n) is 17.7. The predicted molar refractivity (Wildman–Crippen MR) is 347 cm³/mol. The largest absolute Gasteiger partial charge is 0.354 e. The lowest BCUT2D eigenvalue weighted by molar-refractivity contribution is -0.699. The maximum absolute atomic E-state index is 4.16. The van der Waals surface area contributed by atoms with Crippen LogP contribution in [0.15, 0.2) is 146 Å². The van der Waals surface area contributed by atoms with Crippen molar-refractivity contribution in [2.24, 2.45) is 0 Å². The molecule has 8 nitrogen and oxygen atoms in total. The molecule has 0 radical (unpaired) electrons. The summed E-state index contributed by atoms with van der Waals surface area (Å²) in [7, 11) is 0. The molecule has 8 bridgehead atoms. The zero-order valence-corrected chi connectivity index (χ0v) is 52.3. The molecule has 8 aromatic heterocycles. The normalized spacial score (nSPS) is 12.5. The first kappa shape index (κ1) is 61.8. The van der Waals surface area contributed by atoms with E-state index in [-0.39, 0.29) is 0 Å². The van der Waals surface area contributed by atoms with Gasteiger partial charge in [-0.2, -0.15) is 18.3 Å². The molecule has 444 valence electrons. The van der Waals surface area contributed by atoms with Gasteiger partial charge in [0.2, 0.25) is 22.8 Å². The second kappa shape index (κ2) is 33.6. The average molecular weight is 1130 g/mol. The lowest BCUT2D eigenvalue weighted by Crippen LogP contribution is -2.40. The van der Waals surface area contributed by atoms with Gasteiger partial charge in [0.05, 0.1) is 66.5 Å². The van der Waals surface area contributed by atoms with Gasteiger partial charge in [0.1, 0.15) is 26.2 Å². The highest BCUT2D eigenvalue weighted by Gasteiger charge is 2.28. The van der Waals surface area contributed by atoms with Crippen LogP contribution in [0.1, 0.15) is 253 Å². The summed E-state index contributed by atoms with van der Waals surface area (Å²) in [6.07, 6.45) is 45.0. The average Bonchev–Trinajstić information content (AvgIpc) is 3.66. The Hall–Kier alpha value is -6.80. The highest BCUT2D eigenvalue weighted by Crippen LogP contribution is 2.27. The molecule has 0 spiro atoms. The summed E-state index contributed by atoms with van der Waals surface area (Å²) in [5.41, 5.74) is 13.8. The summed E-state index contributed by atoms with van der Waals surface area (Å²) in [6.45, 7) is 13.1. The minimum atomic E-state index is 0.963. The fraction of sp³-hybridized carbons (Fsp3) is 0.474. The number of nitrogens with one attached hydrogen (secondary N) is 4. The Morgan fingerprint density at radius 2 is 0.440 bits per heavy atom. The van der Waals surface area contributed by atoms with Crippen molar-refractivity contribution < 1.29 is 18.3 Å². The summed E-state index contributed by atoms with van der Waals surface area (Å²) in [5, 5.41) is 4.35. The summed E-state index contributed by atoms with van der Waals surface area (Å²) in [6, 6.07) is 45.8. The van der Waals surface area contributed by atoms with Crippen LogP contribution in [0.2, 0.25) is 0 Å². The third-order valence-corrected chi connectivity index (χ3v) is 17.7. The van der Waals surface area contributed by atoms with Gasteiger partial charge in [0.15, 0.2) is 24.8 Å². The third kappa shape index (κ3) is 16.8. The quantitative estimate of drug-likeness (QED) is 0.0223. The number of fused-ring (bicyclic) bond motifs is 8. The lowest BCUT2D eigenvalue weighted by Gasteiger charge is -2.10. The second-order valence-electron chi connectivity index (χ2n) is 24.2. The van der Waals surface area contributed by atoms with Gasteiger partial charge in [-0.1, -0.05) is 156 Å². The number of hydrogen-bond acceptors (Lipinski definition) is 0. The summed E-state index contributed by atoms with van der Waals surface area (Å²) in [5.74, 6) is 0. The Bertz CT molecular complexity index is 3050. The van der Waals surface area contributed by atoms with Crippen LogP contribution in [-0.2, 0) is 26.2 Å². The van der Waals surface area contributed by atoms with Gasteiger partial charge in [-0.3, -0.25) is 0 Å². The molecule has 1 aliphatic heterocycles. The number of H-pyrrole nitrogens is 4. The van der Waals surface area contributed by atoms with E-state index < -0.39 is 0 Å². The van der Waals surface area contributed by atoms with E-state index >= 15 is 0 Å². The maximum atomic E-state index is 4.16. The molecule has 0 amide bonds. The zero-order chi connectivity index (χ0) is 58.0. The van der Waals surface area contributed by atoms with Crippen LogP contribution in [-0.4, -0.2) is 19.9 Å². The van der Waals surface area contributed by atoms with Crippen LogP contribution in [0.25, 0.3) is 22.3 Å². The van der Waals surface area contributed by atoms with Gasteiger partial charge in [0, 0.05) is 74.2 Å². The van der Waals surface area contributed by atoms with Gasteiger partial charge in [-0.25, -0.2) is 0 Å². The molecule has 0 unspecified atom stereocenters. The van der Waals surface area contributed by atoms with Gasteiger partial charge in [-0.05, 0) is 98.5 Å². The van der Waals surface area contributed by atoms with E-state index in [4.69, 9.17) is 0 Å². The number of hydrogen-bond donors (Lipinski definition) is 4. The van der Waals surface area contributed by atoms with Crippen molar-refractivity contribution >= 4 is 22.3 Å². The number of unbranched alkanes of at least 4 members (excludes halogenated alkanes) is 24. The Morgan fingerprint density at radius 3 is 0.667 bits per heavy atom. The summed E-state index contributed by atoms with van der Waals surface area (Å²) in [4.78, 5) is 16.6. The number of aryl methyl sites for hydroxylation is 4. The van der Waals surface area contributed by atoms with Crippen LogP contribution in [0, 0.1) is 0 Å². The van der Waals surface area contributed by atoms with Crippen molar-refractivity contribution in [3.05, 3.63) is 213 Å². The molecular weight excluding hydrogens is 1020 g/mol. The van der Waals surface area contributed by atoms with Crippen LogP contribution in [0.3, 0.4) is 0 Å². The first-order valence-corrected chi connectivity index (χ1v) is 33.8. The smallest absolute Gasteiger partial charge is 0.216 e. The van der Waals surface area contributed by atoms with Gasteiger partial charge < -0.3 is 19.9 Å². The van der Waals surface area contributed by atoms with Crippen molar-refractivity contribution in [3.8, 4) is 0 Å². The molecule has 84 heavy (non-hydrogen) atoms. The van der Waals surface area contributed by atoms with Gasteiger partial charge in [-0.15, -0.1) is 0 Å². The number of rotatable bonds is 36. The predicted octanol–water partition coefficient (Wildman–Crippen LogP) is 14.5. The maximum Gasteiger partial charge on any atom is 0.216 e. The molecule has 0 saturated heterocycles. The molecule has 0 saturated carbocycles. The van der Waals surface area contributed by atoms with Crippen molar-refractivity contribution in [1.82, 2.24) is 19.9 Å². The fourth-order valence-corrected chi connectivity index (χ4v) is 13.0. The van der Waals surface area contributed by atoms with E-state index in [2.05, 4.69) is 212 Å². The molecule has 0 fully saturated rings. The first-order valence-electron chi connectivity index (χ1n) is 33.8. The molecule has 9 rings (SSSR count). The molecule has 4 N–H and O–H groups in total. The summed E-state index contributed by atoms with van der Waals surface area (Å²) < 4.78 is 10.0. The topological polar surface area (TPSA) is 78.7 Å². The first-order chi connectivity index (χ1) is 41.6. The van der Waals surface area contributed by atoms with E-state index in [0.29, 0.717) is 0 Å². The second-order valence-corrected chi connectivity index (χ2v) is 24.2. The number of pyridine rings is 4. The monoisotopic (exact) mass is 1130 g/mol. The summed E-state index contributed by atoms with van der Waals surface area (Å²) >= 11 is 0. The molecule has 0 aromatic carbocycles. The van der Waals surface area contributed by atoms with E-state index in [1.165, 1.54) is 199 Å². The molecule has 8 aromatic rings. The van der Waals surface area contributed by atoms with Crippen molar-refractivity contribution in [2.45, 2.75) is 234 Å². The van der Waals surface area contributed by atoms with Crippen molar-refractivity contribution in [2.75, 3.05) is 0 Å². The Labute approximate surface area is 504 Å². The van der Waals surface area contributed by atoms with Crippen molar-refractivity contribution in [3.63, 3.8) is 0 Å². The van der Waals surface area contributed by atoms with E-state index in [9.17, 15) is 0 Å². The van der Waals surface area contributed by atoms with Crippen molar-refractivity contribution in [1.29, 1.82) is 0 Å². The lowest BCUT2D eigenvalue weighted by atomic mass is 10.1. The number of aromatic nitrogens is 8. The highest BCUT2D eigenvalue weighted by molar-refractivity contribution is 5.81. The van der Waals surface area contributed by atoms with E-state index in [1.54, 1.807) is 0 Å². The fourth-order valence-electron chi connectivity index (χ4n) is 13.0. The van der Waals surface area contributed by atoms with Crippen LogP contribution in [0.5, 0.6) is 0 Å². The Balaban J connectivity index is 1.25. The Morgan fingerprint density at radius 1 is 0.226 bits per heavy atom. The SMILES string of the molecule is CCCCCCCCC[n+]1ccccc1C1=c2ccc([nH]2)=C(c2cccc[n+]2CCCCCCCCC)c2ccc([nH]2)C(c2cccc[n+]2CCCCCCCCC)=c2ccc([nH]2)=C(c2cccc[n+]2CCCCCCCCC)c2ccc1[nH]2. The molecule has 1 aliphatic rings. The minimum Gasteiger partial charge on any atom is -0.354 e. The molecular formula is C76H104N8+4. The van der Waals surface area contributed by atoms with Crippen LogP contribution >= 0.6 is 0 Å². The standard InChI is InChI=1S/C76H102N8/c1-5-9-13-17-21-25-33-53-81-57-37-29-41-69(81)73-61-45-47-63(77-61)74(70-42-30-38-58-82(70)54-34-26-22-18-14-10-6-2)65-49-51-67(79-65)76(72-44-32-40-60-84(72)56-36-28-24-20-16-12-8-4)68-52-50-66(80-68)75(64-48-46-62(73)78-64)71-43-31-39-59-83(71)55-35-27-23-19-15-11-7-3/h29-32,37-52,57-60H,5-28,33-36,53-56H2,1-4H3,(H2,77,78,79,80)/q+2/p+2. The van der Waals surface area contributed by atoms with Crippen LogP contribution < -0.4 is 39.7 Å². The molecule has 0 aliphatic carbocycles. The number of nitrogens with zero attached hydrogens (tertiary/aromatic N) is 4. The van der Waals surface area contributed by atoms with Gasteiger partial charge >= 0.3 is 0 Å². The Kier molecular flexibility index (Phi) is 24.7. The zero-order valence-electron chi connectivity index (χ0n) is 52.3. The number of aromatic amines is 4. The minimum absolute atomic E-state index is 0.963. The molecule has 9 heterocycles. The molecule has 0 atom stereocenters. The highest BCUT2D eigenvalue weighted by atomic mass is 15.0.